The van der Waals surface area contributed by atoms with Crippen LogP contribution in [0.4, 0.5) is 0 Å². The van der Waals surface area contributed by atoms with Crippen LogP contribution in [0.5, 0.6) is 0 Å². The minimum atomic E-state index is -0.279. The van der Waals surface area contributed by atoms with Crippen LogP contribution in [-0.4, -0.2) is 27.3 Å². The second-order valence-corrected chi connectivity index (χ2v) is 10.1. The molecule has 6 heteroatoms. The lowest BCUT2D eigenvalue weighted by atomic mass is 9.94. The maximum Gasteiger partial charge on any atom is 0.256 e. The molecule has 36 heavy (non-hydrogen) atoms. The summed E-state index contributed by atoms with van der Waals surface area (Å²) in [6.45, 7) is 0.843. The van der Waals surface area contributed by atoms with Gasteiger partial charge in [-0.15, -0.1) is 0 Å². The Morgan fingerprint density at radius 1 is 0.944 bits per heavy atom. The smallest absolute Gasteiger partial charge is 0.256 e. The van der Waals surface area contributed by atoms with Crippen molar-refractivity contribution < 1.29 is 4.79 Å². The van der Waals surface area contributed by atoms with E-state index in [9.17, 15) is 9.59 Å². The number of H-pyrrole nitrogens is 1. The molecule has 1 fully saturated rings. The maximum absolute atomic E-state index is 13.5. The number of carbonyl (C=O) groups is 1. The highest BCUT2D eigenvalue weighted by Gasteiger charge is 2.48. The summed E-state index contributed by atoms with van der Waals surface area (Å²) >= 11 is 6.25. The Kier molecular flexibility index (Phi) is 5.73. The van der Waals surface area contributed by atoms with Crippen LogP contribution in [0, 0.1) is 0 Å². The number of aryl methyl sites for hydroxylation is 1. The first kappa shape index (κ1) is 22.7. The number of amides is 1. The molecule has 1 aliphatic carbocycles. The third-order valence-electron chi connectivity index (χ3n) is 7.38. The van der Waals surface area contributed by atoms with Gasteiger partial charge in [0.05, 0.1) is 23.2 Å². The van der Waals surface area contributed by atoms with E-state index in [-0.39, 0.29) is 23.4 Å². The van der Waals surface area contributed by atoms with Crippen LogP contribution in [0.25, 0.3) is 11.1 Å². The Balaban J connectivity index is 1.29. The predicted octanol–water partition coefficient (Wildman–Crippen LogP) is 5.76. The molecule has 1 amide bonds. The summed E-state index contributed by atoms with van der Waals surface area (Å²) in [5.74, 6) is 0.644. The number of nitrogens with zero attached hydrogens (tertiary/aromatic N) is 2. The van der Waals surface area contributed by atoms with Crippen LogP contribution in [0.1, 0.15) is 52.3 Å². The molecule has 0 radical (unpaired) electrons. The fourth-order valence-corrected chi connectivity index (χ4v) is 5.43. The Morgan fingerprint density at radius 2 is 1.72 bits per heavy atom. The van der Waals surface area contributed by atoms with Gasteiger partial charge in [-0.1, -0.05) is 66.2 Å². The third-order valence-corrected chi connectivity index (χ3v) is 7.61. The van der Waals surface area contributed by atoms with Gasteiger partial charge in [0, 0.05) is 17.1 Å². The van der Waals surface area contributed by atoms with Crippen LogP contribution >= 0.6 is 11.6 Å². The van der Waals surface area contributed by atoms with Crippen LogP contribution in [0.2, 0.25) is 5.02 Å². The number of rotatable bonds is 4. The zero-order chi connectivity index (χ0) is 24.7. The molecular formula is C30H26ClN3O2. The number of fused-ring (bicyclic) bond motifs is 1. The summed E-state index contributed by atoms with van der Waals surface area (Å²) in [6, 6.07) is 25.5. The summed E-state index contributed by atoms with van der Waals surface area (Å²) in [5.41, 5.74) is 4.73. The predicted molar refractivity (Wildman–Crippen MR) is 141 cm³/mol. The number of carbonyl (C=O) groups excluding carboxylic acids is 1. The molecule has 6 rings (SSSR count). The second-order valence-electron chi connectivity index (χ2n) is 9.71. The Morgan fingerprint density at radius 3 is 2.50 bits per heavy atom. The quantitative estimate of drug-likeness (QED) is 0.391. The molecule has 1 aromatic heterocycles. The molecular weight excluding hydrogens is 470 g/mol. The van der Waals surface area contributed by atoms with Gasteiger partial charge in [-0.05, 0) is 66.6 Å². The van der Waals surface area contributed by atoms with Crippen molar-refractivity contribution in [1.29, 1.82) is 0 Å². The van der Waals surface area contributed by atoms with Gasteiger partial charge in [-0.25, -0.2) is 4.98 Å². The molecule has 180 valence electrons. The van der Waals surface area contributed by atoms with E-state index in [0.29, 0.717) is 34.9 Å². The lowest BCUT2D eigenvalue weighted by molar-refractivity contribution is 0.0745. The molecule has 2 aliphatic rings. The summed E-state index contributed by atoms with van der Waals surface area (Å²) in [7, 11) is 0. The number of hydrogen-bond donors (Lipinski definition) is 1. The zero-order valence-electron chi connectivity index (χ0n) is 19.8. The average molecular weight is 496 g/mol. The number of hydrogen-bond acceptors (Lipinski definition) is 3. The van der Waals surface area contributed by atoms with E-state index in [4.69, 9.17) is 16.6 Å². The molecule has 3 aromatic carbocycles. The highest BCUT2D eigenvalue weighted by molar-refractivity contribution is 6.30. The molecule has 0 bridgehead atoms. The fraction of sp³-hybridized carbons (Fsp3) is 0.233. The van der Waals surface area contributed by atoms with E-state index >= 15 is 0 Å². The van der Waals surface area contributed by atoms with Gasteiger partial charge in [0.1, 0.15) is 5.82 Å². The average Bonchev–Trinajstić information content (AvgIpc) is 3.74. The minimum Gasteiger partial charge on any atom is -0.334 e. The first-order chi connectivity index (χ1) is 17.5. The number of nitrogens with one attached hydrogen (secondary N) is 1. The van der Waals surface area contributed by atoms with Crippen molar-refractivity contribution in [2.24, 2.45) is 0 Å². The third kappa shape index (κ3) is 4.14. The normalized spacial score (nSPS) is 16.2. The Hall–Kier alpha value is -3.70. The lowest BCUT2D eigenvalue weighted by Crippen LogP contribution is -2.33. The Bertz CT molecular complexity index is 1510. The topological polar surface area (TPSA) is 66.1 Å². The van der Waals surface area contributed by atoms with Gasteiger partial charge in [-0.3, -0.25) is 9.59 Å². The zero-order valence-corrected chi connectivity index (χ0v) is 20.6. The molecule has 1 aliphatic heterocycles. The highest BCUT2D eigenvalue weighted by Crippen LogP contribution is 2.52. The molecule has 0 spiro atoms. The van der Waals surface area contributed by atoms with E-state index < -0.39 is 0 Å². The fourth-order valence-electron chi connectivity index (χ4n) is 5.24. The van der Waals surface area contributed by atoms with Gasteiger partial charge in [0.25, 0.3) is 11.5 Å². The van der Waals surface area contributed by atoms with Crippen molar-refractivity contribution >= 4 is 17.5 Å². The summed E-state index contributed by atoms with van der Waals surface area (Å²) in [4.78, 5) is 36.6. The van der Waals surface area contributed by atoms with E-state index in [0.717, 1.165) is 41.6 Å². The number of benzene rings is 3. The molecule has 2 heterocycles. The summed E-state index contributed by atoms with van der Waals surface area (Å²) < 4.78 is 0. The molecule has 5 nitrogen and oxygen atoms in total. The SMILES string of the molecule is O=C(c1cccc(-c2ccccc2)c1)N1CCCc2nc(C3(c4cccc(Cl)c4)CC3)[nH]c(=O)c2C1. The molecule has 0 saturated heterocycles. The van der Waals surface area contributed by atoms with Crippen LogP contribution in [0.3, 0.4) is 0 Å². The standard InChI is InChI=1S/C30H26ClN3O2/c31-24-12-5-11-23(18-24)30(14-15-30)29-32-26-13-6-16-34(19-25(26)27(35)33-29)28(36)22-10-4-9-21(17-22)20-7-2-1-3-8-20/h1-5,7-12,17-18H,6,13-16,19H2,(H,32,33,35). The van der Waals surface area contributed by atoms with Crippen LogP contribution in [-0.2, 0) is 18.4 Å². The molecule has 4 aromatic rings. The Labute approximate surface area is 214 Å². The van der Waals surface area contributed by atoms with E-state index in [1.54, 1.807) is 4.90 Å². The molecule has 0 unspecified atom stereocenters. The van der Waals surface area contributed by atoms with Crippen molar-refractivity contribution in [3.63, 3.8) is 0 Å². The second kappa shape index (κ2) is 9.07. The first-order valence-corrected chi connectivity index (χ1v) is 12.7. The monoisotopic (exact) mass is 495 g/mol. The van der Waals surface area contributed by atoms with Gasteiger partial charge in [-0.2, -0.15) is 0 Å². The molecule has 1 saturated carbocycles. The van der Waals surface area contributed by atoms with Crippen LogP contribution < -0.4 is 5.56 Å². The number of aromatic amines is 1. The van der Waals surface area contributed by atoms with E-state index in [2.05, 4.69) is 11.1 Å². The lowest BCUT2D eigenvalue weighted by Gasteiger charge is -2.21. The van der Waals surface area contributed by atoms with Gasteiger partial charge >= 0.3 is 0 Å². The van der Waals surface area contributed by atoms with Crippen molar-refractivity contribution in [3.8, 4) is 11.1 Å². The number of aromatic nitrogens is 2. The van der Waals surface area contributed by atoms with Crippen molar-refractivity contribution in [3.05, 3.63) is 122 Å². The minimum absolute atomic E-state index is 0.0679. The molecule has 1 N–H and O–H groups in total. The van der Waals surface area contributed by atoms with Gasteiger partial charge in [0.15, 0.2) is 0 Å². The molecule has 0 atom stereocenters. The maximum atomic E-state index is 13.5. The largest absolute Gasteiger partial charge is 0.334 e. The van der Waals surface area contributed by atoms with Crippen LogP contribution in [0.15, 0.2) is 83.7 Å². The van der Waals surface area contributed by atoms with Gasteiger partial charge in [0.2, 0.25) is 0 Å². The first-order valence-electron chi connectivity index (χ1n) is 12.4. The summed E-state index contributed by atoms with van der Waals surface area (Å²) in [6.07, 6.45) is 3.29. The van der Waals surface area contributed by atoms with Gasteiger partial charge < -0.3 is 9.88 Å². The van der Waals surface area contributed by atoms with Crippen molar-refractivity contribution in [2.75, 3.05) is 6.54 Å². The highest BCUT2D eigenvalue weighted by atomic mass is 35.5. The van der Waals surface area contributed by atoms with Crippen molar-refractivity contribution in [1.82, 2.24) is 14.9 Å². The van der Waals surface area contributed by atoms with E-state index in [1.807, 2.05) is 72.8 Å². The van der Waals surface area contributed by atoms with E-state index in [1.165, 1.54) is 0 Å². The van der Waals surface area contributed by atoms with Crippen molar-refractivity contribution in [2.45, 2.75) is 37.6 Å². The number of halogens is 1. The summed E-state index contributed by atoms with van der Waals surface area (Å²) in [5, 5.41) is 0.682.